The Bertz CT molecular complexity index is 958. The van der Waals surface area contributed by atoms with E-state index in [2.05, 4.69) is 72.7 Å². The van der Waals surface area contributed by atoms with Crippen LogP contribution in [0.25, 0.3) is 11.0 Å². The van der Waals surface area contributed by atoms with Crippen LogP contribution in [0.1, 0.15) is 36.7 Å². The normalized spacial score (nSPS) is 15.3. The lowest BCUT2D eigenvalue weighted by Crippen LogP contribution is -2.36. The van der Waals surface area contributed by atoms with Crippen molar-refractivity contribution in [2.75, 3.05) is 32.9 Å². The van der Waals surface area contributed by atoms with Crippen LogP contribution in [0.3, 0.4) is 0 Å². The summed E-state index contributed by atoms with van der Waals surface area (Å²) >= 11 is 0. The summed E-state index contributed by atoms with van der Waals surface area (Å²) in [5.41, 5.74) is 4.71. The van der Waals surface area contributed by atoms with Crippen LogP contribution in [0.2, 0.25) is 0 Å². The molecule has 0 unspecified atom stereocenters. The van der Waals surface area contributed by atoms with Crippen molar-refractivity contribution in [1.82, 2.24) is 14.5 Å². The van der Waals surface area contributed by atoms with E-state index in [1.165, 1.54) is 16.6 Å². The van der Waals surface area contributed by atoms with Crippen molar-refractivity contribution in [1.29, 1.82) is 0 Å². The average Bonchev–Trinajstić information content (AvgIpc) is 3.07. The largest absolute Gasteiger partial charge is 0.491 e. The van der Waals surface area contributed by atoms with Crippen LogP contribution in [0.4, 0.5) is 0 Å². The summed E-state index contributed by atoms with van der Waals surface area (Å²) in [5.74, 6) is 2.58. The lowest BCUT2D eigenvalue weighted by molar-refractivity contribution is 0.0326. The Labute approximate surface area is 173 Å². The van der Waals surface area contributed by atoms with E-state index in [0.29, 0.717) is 12.5 Å². The molecule has 5 nitrogen and oxygen atoms in total. The number of hydrogen-bond acceptors (Lipinski definition) is 4. The van der Waals surface area contributed by atoms with Gasteiger partial charge < -0.3 is 14.0 Å². The molecule has 0 N–H and O–H groups in total. The Balaban J connectivity index is 1.51. The maximum absolute atomic E-state index is 6.21. The predicted molar refractivity (Wildman–Crippen MR) is 117 cm³/mol. The molecule has 29 heavy (non-hydrogen) atoms. The van der Waals surface area contributed by atoms with Crippen molar-refractivity contribution < 1.29 is 9.47 Å². The standard InChI is InChI=1S/C24H31N3O2/c1-18(2)20-9-8-19(3)23(16-20)29-15-12-27-22-7-5-4-6-21(22)25-24(27)17-26-10-13-28-14-11-26/h4-9,16,18H,10-15,17H2,1-3H3. The quantitative estimate of drug-likeness (QED) is 0.597. The number of fused-ring (bicyclic) bond motifs is 1. The van der Waals surface area contributed by atoms with Crippen LogP contribution in [0.15, 0.2) is 42.5 Å². The van der Waals surface area contributed by atoms with Crippen LogP contribution in [0.5, 0.6) is 5.75 Å². The van der Waals surface area contributed by atoms with Gasteiger partial charge in [0.05, 0.1) is 37.3 Å². The Morgan fingerprint density at radius 2 is 1.90 bits per heavy atom. The molecule has 0 aliphatic carbocycles. The monoisotopic (exact) mass is 393 g/mol. The summed E-state index contributed by atoms with van der Waals surface area (Å²) in [6, 6.07) is 14.9. The van der Waals surface area contributed by atoms with Crippen molar-refractivity contribution in [3.05, 3.63) is 59.4 Å². The molecule has 1 aromatic heterocycles. The van der Waals surface area contributed by atoms with Gasteiger partial charge in [-0.2, -0.15) is 0 Å². The molecule has 2 aromatic carbocycles. The van der Waals surface area contributed by atoms with E-state index in [4.69, 9.17) is 14.5 Å². The van der Waals surface area contributed by atoms with Gasteiger partial charge >= 0.3 is 0 Å². The fraction of sp³-hybridized carbons (Fsp3) is 0.458. The molecule has 2 heterocycles. The van der Waals surface area contributed by atoms with Gasteiger partial charge in [0.1, 0.15) is 18.2 Å². The van der Waals surface area contributed by atoms with E-state index in [1.54, 1.807) is 0 Å². The minimum atomic E-state index is 0.496. The van der Waals surface area contributed by atoms with Crippen molar-refractivity contribution in [2.24, 2.45) is 0 Å². The van der Waals surface area contributed by atoms with Crippen LogP contribution in [-0.2, 0) is 17.8 Å². The highest BCUT2D eigenvalue weighted by molar-refractivity contribution is 5.75. The minimum absolute atomic E-state index is 0.496. The van der Waals surface area contributed by atoms with Gasteiger partial charge in [-0.3, -0.25) is 4.90 Å². The second-order valence-corrected chi connectivity index (χ2v) is 8.09. The molecule has 0 radical (unpaired) electrons. The zero-order valence-corrected chi connectivity index (χ0v) is 17.7. The summed E-state index contributed by atoms with van der Waals surface area (Å²) in [5, 5.41) is 0. The fourth-order valence-corrected chi connectivity index (χ4v) is 3.83. The summed E-state index contributed by atoms with van der Waals surface area (Å²) in [7, 11) is 0. The second-order valence-electron chi connectivity index (χ2n) is 8.09. The first kappa shape index (κ1) is 19.9. The van der Waals surface area contributed by atoms with Gasteiger partial charge in [0.2, 0.25) is 0 Å². The van der Waals surface area contributed by atoms with Crippen LogP contribution >= 0.6 is 0 Å². The van der Waals surface area contributed by atoms with Crippen LogP contribution < -0.4 is 4.74 Å². The van der Waals surface area contributed by atoms with Gasteiger partial charge in [-0.25, -0.2) is 4.98 Å². The summed E-state index contributed by atoms with van der Waals surface area (Å²) in [6.45, 7) is 12.3. The number of aryl methyl sites for hydroxylation is 1. The number of benzene rings is 2. The van der Waals surface area contributed by atoms with Crippen LogP contribution in [0, 0.1) is 6.92 Å². The molecule has 154 valence electrons. The van der Waals surface area contributed by atoms with Crippen molar-refractivity contribution in [3.8, 4) is 5.75 Å². The Morgan fingerprint density at radius 3 is 2.69 bits per heavy atom. The van der Waals surface area contributed by atoms with Gasteiger partial charge in [0.15, 0.2) is 0 Å². The van der Waals surface area contributed by atoms with E-state index >= 15 is 0 Å². The SMILES string of the molecule is Cc1ccc(C(C)C)cc1OCCn1c(CN2CCOCC2)nc2ccccc21. The molecule has 5 heteroatoms. The van der Waals surface area contributed by atoms with E-state index in [-0.39, 0.29) is 0 Å². The predicted octanol–water partition coefficient (Wildman–Crippen LogP) is 4.38. The zero-order valence-electron chi connectivity index (χ0n) is 17.7. The molecule has 4 rings (SSSR count). The summed E-state index contributed by atoms with van der Waals surface area (Å²) in [4.78, 5) is 7.33. The van der Waals surface area contributed by atoms with Gasteiger partial charge in [-0.15, -0.1) is 0 Å². The first-order valence-electron chi connectivity index (χ1n) is 10.6. The topological polar surface area (TPSA) is 39.5 Å². The van der Waals surface area contributed by atoms with E-state index in [9.17, 15) is 0 Å². The second kappa shape index (κ2) is 8.97. The molecule has 0 atom stereocenters. The van der Waals surface area contributed by atoms with Gasteiger partial charge in [0.25, 0.3) is 0 Å². The molecule has 1 aliphatic heterocycles. The van der Waals surface area contributed by atoms with Crippen molar-refractivity contribution in [3.63, 3.8) is 0 Å². The Morgan fingerprint density at radius 1 is 1.10 bits per heavy atom. The van der Waals surface area contributed by atoms with Crippen LogP contribution in [-0.4, -0.2) is 47.4 Å². The lowest BCUT2D eigenvalue weighted by Gasteiger charge is -2.26. The molecule has 3 aromatic rings. The third-order valence-corrected chi connectivity index (χ3v) is 5.65. The molecule has 0 saturated carbocycles. The van der Waals surface area contributed by atoms with Crippen molar-refractivity contribution >= 4 is 11.0 Å². The molecule has 0 spiro atoms. The summed E-state index contributed by atoms with van der Waals surface area (Å²) in [6.07, 6.45) is 0. The number of ether oxygens (including phenoxy) is 2. The average molecular weight is 394 g/mol. The highest BCUT2D eigenvalue weighted by Crippen LogP contribution is 2.25. The Hall–Kier alpha value is -2.37. The maximum Gasteiger partial charge on any atom is 0.124 e. The molecule has 0 bridgehead atoms. The number of hydrogen-bond donors (Lipinski definition) is 0. The number of aromatic nitrogens is 2. The third kappa shape index (κ3) is 4.62. The molecule has 0 amide bonds. The maximum atomic E-state index is 6.21. The van der Waals surface area contributed by atoms with Crippen molar-refractivity contribution in [2.45, 2.75) is 39.8 Å². The summed E-state index contributed by atoms with van der Waals surface area (Å²) < 4.78 is 14.0. The van der Waals surface area contributed by atoms with Gasteiger partial charge in [0, 0.05) is 13.1 Å². The highest BCUT2D eigenvalue weighted by Gasteiger charge is 2.16. The van der Waals surface area contributed by atoms with E-state index in [1.807, 2.05) is 0 Å². The molecular weight excluding hydrogens is 362 g/mol. The minimum Gasteiger partial charge on any atom is -0.491 e. The van der Waals surface area contributed by atoms with E-state index in [0.717, 1.165) is 56.5 Å². The number of nitrogens with zero attached hydrogens (tertiary/aromatic N) is 3. The van der Waals surface area contributed by atoms with Gasteiger partial charge in [-0.05, 0) is 42.2 Å². The number of morpholine rings is 1. The zero-order chi connectivity index (χ0) is 20.2. The Kier molecular flexibility index (Phi) is 6.16. The first-order valence-corrected chi connectivity index (χ1v) is 10.6. The molecule has 1 saturated heterocycles. The first-order chi connectivity index (χ1) is 14.1. The lowest BCUT2D eigenvalue weighted by atomic mass is 10.0. The smallest absolute Gasteiger partial charge is 0.124 e. The number of imidazole rings is 1. The highest BCUT2D eigenvalue weighted by atomic mass is 16.5. The van der Waals surface area contributed by atoms with Gasteiger partial charge in [-0.1, -0.05) is 38.1 Å². The molecular formula is C24H31N3O2. The number of rotatable bonds is 7. The number of para-hydroxylation sites is 2. The fourth-order valence-electron chi connectivity index (χ4n) is 3.83. The molecule has 1 aliphatic rings. The third-order valence-electron chi connectivity index (χ3n) is 5.65. The molecule has 1 fully saturated rings. The van der Waals surface area contributed by atoms with E-state index < -0.39 is 0 Å².